The SMILES string of the molecule is COc1cccc(/C=N/Nc2ccc(C(=O)O)cc2)c1OCc1ccc(F)cc1. The van der Waals surface area contributed by atoms with Crippen molar-refractivity contribution in [2.24, 2.45) is 5.10 Å². The first-order valence-electron chi connectivity index (χ1n) is 8.73. The zero-order chi connectivity index (χ0) is 20.6. The van der Waals surface area contributed by atoms with Gasteiger partial charge in [-0.15, -0.1) is 0 Å². The van der Waals surface area contributed by atoms with Crippen molar-refractivity contribution in [3.8, 4) is 11.5 Å². The molecule has 0 aromatic heterocycles. The first-order valence-corrected chi connectivity index (χ1v) is 8.73. The summed E-state index contributed by atoms with van der Waals surface area (Å²) in [4.78, 5) is 10.9. The highest BCUT2D eigenvalue weighted by Crippen LogP contribution is 2.31. The fourth-order valence-electron chi connectivity index (χ4n) is 2.55. The van der Waals surface area contributed by atoms with E-state index in [2.05, 4.69) is 10.5 Å². The molecular formula is C22H19FN2O4. The third kappa shape index (κ3) is 5.32. The molecule has 6 nitrogen and oxygen atoms in total. The summed E-state index contributed by atoms with van der Waals surface area (Å²) in [6.07, 6.45) is 1.58. The number of hydrogen-bond acceptors (Lipinski definition) is 5. The Morgan fingerprint density at radius 3 is 2.48 bits per heavy atom. The molecule has 0 radical (unpaired) electrons. The third-order valence-electron chi connectivity index (χ3n) is 4.05. The minimum Gasteiger partial charge on any atom is -0.493 e. The number of halogens is 1. The highest BCUT2D eigenvalue weighted by molar-refractivity contribution is 5.88. The topological polar surface area (TPSA) is 80.2 Å². The lowest BCUT2D eigenvalue weighted by atomic mass is 10.2. The van der Waals surface area contributed by atoms with Crippen molar-refractivity contribution in [1.82, 2.24) is 0 Å². The van der Waals surface area contributed by atoms with Gasteiger partial charge in [-0.2, -0.15) is 5.10 Å². The molecular weight excluding hydrogens is 375 g/mol. The quantitative estimate of drug-likeness (QED) is 0.433. The van der Waals surface area contributed by atoms with Crippen LogP contribution in [0.25, 0.3) is 0 Å². The van der Waals surface area contributed by atoms with Crippen LogP contribution in [0.4, 0.5) is 10.1 Å². The van der Waals surface area contributed by atoms with Crippen LogP contribution in [-0.2, 0) is 6.61 Å². The molecule has 0 fully saturated rings. The Kier molecular flexibility index (Phi) is 6.42. The van der Waals surface area contributed by atoms with E-state index in [-0.39, 0.29) is 18.0 Å². The maximum absolute atomic E-state index is 13.1. The normalized spacial score (nSPS) is 10.7. The Morgan fingerprint density at radius 2 is 1.83 bits per heavy atom. The number of hydrazone groups is 1. The number of nitrogens with zero attached hydrogens (tertiary/aromatic N) is 1. The minimum atomic E-state index is -0.987. The van der Waals surface area contributed by atoms with E-state index in [1.165, 1.54) is 24.3 Å². The van der Waals surface area contributed by atoms with Crippen LogP contribution < -0.4 is 14.9 Å². The fourth-order valence-corrected chi connectivity index (χ4v) is 2.55. The van der Waals surface area contributed by atoms with Gasteiger partial charge in [0.25, 0.3) is 0 Å². The van der Waals surface area contributed by atoms with Crippen LogP contribution in [-0.4, -0.2) is 24.4 Å². The zero-order valence-electron chi connectivity index (χ0n) is 15.6. The Bertz CT molecular complexity index is 1000. The van der Waals surface area contributed by atoms with Crippen LogP contribution in [0.2, 0.25) is 0 Å². The average Bonchev–Trinajstić information content (AvgIpc) is 2.74. The number of carboxylic acid groups (broad SMARTS) is 1. The maximum atomic E-state index is 13.1. The van der Waals surface area contributed by atoms with Crippen LogP contribution >= 0.6 is 0 Å². The van der Waals surface area contributed by atoms with Crippen LogP contribution in [0.15, 0.2) is 71.8 Å². The molecule has 148 valence electrons. The molecule has 0 aliphatic carbocycles. The second-order valence-electron chi connectivity index (χ2n) is 6.05. The summed E-state index contributed by atoms with van der Waals surface area (Å²) < 4.78 is 24.3. The molecule has 0 heterocycles. The standard InChI is InChI=1S/C22H19FN2O4/c1-28-20-4-2-3-17(21(20)29-14-15-5-9-18(23)10-6-15)13-24-25-19-11-7-16(8-12-19)22(26)27/h2-13,25H,14H2,1H3,(H,26,27)/b24-13+. The van der Waals surface area contributed by atoms with Gasteiger partial charge in [-0.05, 0) is 54.1 Å². The second-order valence-corrected chi connectivity index (χ2v) is 6.05. The number of anilines is 1. The monoisotopic (exact) mass is 394 g/mol. The van der Waals surface area contributed by atoms with Crippen LogP contribution in [0.3, 0.4) is 0 Å². The number of benzene rings is 3. The van der Waals surface area contributed by atoms with Crippen molar-refractivity contribution < 1.29 is 23.8 Å². The summed E-state index contributed by atoms with van der Waals surface area (Å²) >= 11 is 0. The lowest BCUT2D eigenvalue weighted by Crippen LogP contribution is -2.02. The number of carbonyl (C=O) groups is 1. The molecule has 29 heavy (non-hydrogen) atoms. The molecule has 0 bridgehead atoms. The zero-order valence-corrected chi connectivity index (χ0v) is 15.6. The summed E-state index contributed by atoms with van der Waals surface area (Å²) in [5.41, 5.74) is 5.18. The van der Waals surface area contributed by atoms with Gasteiger partial charge in [-0.1, -0.05) is 18.2 Å². The van der Waals surface area contributed by atoms with Gasteiger partial charge in [-0.3, -0.25) is 5.43 Å². The van der Waals surface area contributed by atoms with Crippen molar-refractivity contribution in [3.63, 3.8) is 0 Å². The van der Waals surface area contributed by atoms with E-state index >= 15 is 0 Å². The van der Waals surface area contributed by atoms with E-state index < -0.39 is 5.97 Å². The van der Waals surface area contributed by atoms with Crippen LogP contribution in [0, 0.1) is 5.82 Å². The van der Waals surface area contributed by atoms with E-state index in [1.54, 1.807) is 43.7 Å². The number of carboxylic acids is 1. The van der Waals surface area contributed by atoms with Gasteiger partial charge >= 0.3 is 5.97 Å². The summed E-state index contributed by atoms with van der Waals surface area (Å²) in [6.45, 7) is 0.242. The molecule has 0 unspecified atom stereocenters. The van der Waals surface area contributed by atoms with E-state index in [1.807, 2.05) is 12.1 Å². The fraction of sp³-hybridized carbons (Fsp3) is 0.0909. The summed E-state index contributed by atoms with van der Waals surface area (Å²) in [6, 6.07) is 17.7. The Balaban J connectivity index is 1.73. The van der Waals surface area contributed by atoms with E-state index in [4.69, 9.17) is 14.6 Å². The second kappa shape index (κ2) is 9.36. The first-order chi connectivity index (χ1) is 14.1. The van der Waals surface area contributed by atoms with Gasteiger partial charge in [0.05, 0.1) is 24.6 Å². The number of methoxy groups -OCH3 is 1. The van der Waals surface area contributed by atoms with Gasteiger partial charge < -0.3 is 14.6 Å². The average molecular weight is 394 g/mol. The van der Waals surface area contributed by atoms with E-state index in [9.17, 15) is 9.18 Å². The smallest absolute Gasteiger partial charge is 0.335 e. The molecule has 0 saturated carbocycles. The lowest BCUT2D eigenvalue weighted by molar-refractivity contribution is 0.0697. The Hall–Kier alpha value is -3.87. The van der Waals surface area contributed by atoms with Gasteiger partial charge in [0.1, 0.15) is 12.4 Å². The van der Waals surface area contributed by atoms with Crippen molar-refractivity contribution in [3.05, 3.63) is 89.2 Å². The van der Waals surface area contributed by atoms with E-state index in [0.29, 0.717) is 22.7 Å². The number of para-hydroxylation sites is 1. The molecule has 0 atom stereocenters. The van der Waals surface area contributed by atoms with Gasteiger partial charge in [0.2, 0.25) is 0 Å². The van der Waals surface area contributed by atoms with Crippen molar-refractivity contribution in [2.75, 3.05) is 12.5 Å². The van der Waals surface area contributed by atoms with Gasteiger partial charge in [-0.25, -0.2) is 9.18 Å². The highest BCUT2D eigenvalue weighted by atomic mass is 19.1. The number of rotatable bonds is 8. The van der Waals surface area contributed by atoms with Crippen LogP contribution in [0.1, 0.15) is 21.5 Å². The van der Waals surface area contributed by atoms with Crippen LogP contribution in [0.5, 0.6) is 11.5 Å². The molecule has 3 aromatic rings. The lowest BCUT2D eigenvalue weighted by Gasteiger charge is -2.13. The number of ether oxygens (including phenoxy) is 2. The molecule has 3 rings (SSSR count). The number of aromatic carboxylic acids is 1. The predicted molar refractivity (Wildman–Crippen MR) is 108 cm³/mol. The number of hydrogen-bond donors (Lipinski definition) is 2. The largest absolute Gasteiger partial charge is 0.493 e. The molecule has 0 spiro atoms. The molecule has 0 aliphatic heterocycles. The molecule has 2 N–H and O–H groups in total. The third-order valence-corrected chi connectivity index (χ3v) is 4.05. The summed E-state index contributed by atoms with van der Waals surface area (Å²) in [5.74, 6) is -0.242. The minimum absolute atomic E-state index is 0.198. The van der Waals surface area contributed by atoms with E-state index in [0.717, 1.165) is 5.56 Å². The van der Waals surface area contributed by atoms with Gasteiger partial charge in [0, 0.05) is 5.56 Å². The molecule has 0 aliphatic rings. The van der Waals surface area contributed by atoms with Crippen molar-refractivity contribution >= 4 is 17.9 Å². The Morgan fingerprint density at radius 1 is 1.10 bits per heavy atom. The number of nitrogens with one attached hydrogen (secondary N) is 1. The molecule has 0 saturated heterocycles. The maximum Gasteiger partial charge on any atom is 0.335 e. The van der Waals surface area contributed by atoms with Crippen molar-refractivity contribution in [1.29, 1.82) is 0 Å². The molecule has 0 amide bonds. The highest BCUT2D eigenvalue weighted by Gasteiger charge is 2.10. The summed E-state index contributed by atoms with van der Waals surface area (Å²) in [5, 5.41) is 13.1. The molecule has 3 aromatic carbocycles. The summed E-state index contributed by atoms with van der Waals surface area (Å²) in [7, 11) is 1.54. The van der Waals surface area contributed by atoms with Gasteiger partial charge in [0.15, 0.2) is 11.5 Å². The predicted octanol–water partition coefficient (Wildman–Crippen LogP) is 4.56. The first kappa shape index (κ1) is 19.9. The Labute approximate surface area is 167 Å². The molecule has 7 heteroatoms. The van der Waals surface area contributed by atoms with Crippen molar-refractivity contribution in [2.45, 2.75) is 6.61 Å².